The van der Waals surface area contributed by atoms with Crippen molar-refractivity contribution in [2.45, 2.75) is 12.1 Å². The van der Waals surface area contributed by atoms with Crippen LogP contribution in [-0.2, 0) is 9.53 Å². The Hall–Kier alpha value is -3.28. The second kappa shape index (κ2) is 10.1. The zero-order valence-corrected chi connectivity index (χ0v) is 19.9. The van der Waals surface area contributed by atoms with Gasteiger partial charge in [0.2, 0.25) is 5.91 Å². The maximum atomic E-state index is 12.7. The van der Waals surface area contributed by atoms with Crippen LogP contribution >= 0.6 is 34.4 Å². The molecule has 0 aliphatic carbocycles. The number of hydrogen-bond acceptors (Lipinski definition) is 9. The van der Waals surface area contributed by atoms with Crippen molar-refractivity contribution in [2.24, 2.45) is 0 Å². The zero-order valence-electron chi connectivity index (χ0n) is 17.4. The quantitative estimate of drug-likeness (QED) is 0.159. The molecule has 33 heavy (non-hydrogen) atoms. The predicted molar refractivity (Wildman–Crippen MR) is 132 cm³/mol. The van der Waals surface area contributed by atoms with Crippen LogP contribution in [-0.4, -0.2) is 39.2 Å². The van der Waals surface area contributed by atoms with Crippen LogP contribution in [0.3, 0.4) is 0 Å². The van der Waals surface area contributed by atoms with E-state index in [9.17, 15) is 14.4 Å². The molecule has 4 rings (SSSR count). The number of esters is 1. The smallest absolute Gasteiger partial charge is 0.350 e. The van der Waals surface area contributed by atoms with Crippen molar-refractivity contribution < 1.29 is 14.3 Å². The van der Waals surface area contributed by atoms with Crippen LogP contribution in [0.4, 0.5) is 5.13 Å². The Morgan fingerprint density at radius 3 is 2.82 bits per heavy atom. The molecule has 0 spiro atoms. The number of H-pyrrole nitrogens is 1. The van der Waals surface area contributed by atoms with Crippen molar-refractivity contribution >= 4 is 61.7 Å². The molecule has 3 aromatic heterocycles. The largest absolute Gasteiger partial charge is 0.457 e. The molecule has 0 radical (unpaired) electrons. The van der Waals surface area contributed by atoms with E-state index in [-0.39, 0.29) is 23.8 Å². The first-order valence-electron chi connectivity index (χ1n) is 9.71. The summed E-state index contributed by atoms with van der Waals surface area (Å²) in [7, 11) is 0. The first kappa shape index (κ1) is 22.9. The molecular formula is C22H18N4O4S3. The Morgan fingerprint density at radius 1 is 1.27 bits per heavy atom. The van der Waals surface area contributed by atoms with Crippen molar-refractivity contribution in [1.82, 2.24) is 15.0 Å². The number of nitrogens with zero attached hydrogens (tertiary/aromatic N) is 2. The Morgan fingerprint density at radius 2 is 2.06 bits per heavy atom. The first-order valence-corrected chi connectivity index (χ1v) is 12.4. The molecule has 2 N–H and O–H groups in total. The highest BCUT2D eigenvalue weighted by Gasteiger charge is 2.18. The molecule has 0 saturated heterocycles. The molecule has 0 aliphatic rings. The number of aryl methyl sites for hydroxylation is 1. The van der Waals surface area contributed by atoms with E-state index < -0.39 is 5.97 Å². The molecule has 8 nitrogen and oxygen atoms in total. The van der Waals surface area contributed by atoms with Crippen LogP contribution in [0.25, 0.3) is 21.3 Å². The van der Waals surface area contributed by atoms with Gasteiger partial charge in [-0.3, -0.25) is 9.59 Å². The molecule has 4 aromatic rings. The second-order valence-corrected chi connectivity index (χ2v) is 9.55. The highest BCUT2D eigenvalue weighted by Crippen LogP contribution is 2.31. The van der Waals surface area contributed by atoms with Gasteiger partial charge in [0.05, 0.1) is 16.8 Å². The summed E-state index contributed by atoms with van der Waals surface area (Å²) in [5, 5.41) is 5.76. The number of aromatic nitrogens is 3. The number of anilines is 1. The van der Waals surface area contributed by atoms with Gasteiger partial charge >= 0.3 is 5.97 Å². The number of aromatic amines is 1. The molecule has 0 bridgehead atoms. The lowest BCUT2D eigenvalue weighted by atomic mass is 10.1. The summed E-state index contributed by atoms with van der Waals surface area (Å²) in [6.45, 7) is 5.27. The van der Waals surface area contributed by atoms with E-state index >= 15 is 0 Å². The van der Waals surface area contributed by atoms with Crippen molar-refractivity contribution in [1.29, 1.82) is 0 Å². The van der Waals surface area contributed by atoms with Gasteiger partial charge in [0.15, 0.2) is 10.3 Å². The van der Waals surface area contributed by atoms with Crippen LogP contribution in [0.2, 0.25) is 0 Å². The fraction of sp³-hybridized carbons (Fsp3) is 0.136. The topological polar surface area (TPSA) is 114 Å². The highest BCUT2D eigenvalue weighted by molar-refractivity contribution is 7.99. The summed E-state index contributed by atoms with van der Waals surface area (Å²) in [5.41, 5.74) is 2.00. The Balaban J connectivity index is 1.43. The number of thioether (sulfide) groups is 1. The summed E-state index contributed by atoms with van der Waals surface area (Å²) >= 11 is 3.54. The number of amides is 1. The molecular weight excluding hydrogens is 480 g/mol. The summed E-state index contributed by atoms with van der Waals surface area (Å²) in [5.74, 6) is -0.834. The number of fused-ring (bicyclic) bond motifs is 1. The fourth-order valence-electron chi connectivity index (χ4n) is 2.96. The third-order valence-electron chi connectivity index (χ3n) is 4.41. The van der Waals surface area contributed by atoms with Crippen LogP contribution in [0.1, 0.15) is 15.4 Å². The number of carbonyl (C=O) groups excluding carboxylic acids is 2. The average molecular weight is 499 g/mol. The van der Waals surface area contributed by atoms with Gasteiger partial charge in [0.1, 0.15) is 16.3 Å². The Bertz CT molecular complexity index is 1390. The van der Waals surface area contributed by atoms with Gasteiger partial charge in [-0.2, -0.15) is 0 Å². The first-order chi connectivity index (χ1) is 16.0. The molecule has 11 heteroatoms. The van der Waals surface area contributed by atoms with Crippen LogP contribution in [0.15, 0.2) is 58.3 Å². The van der Waals surface area contributed by atoms with E-state index in [2.05, 4.69) is 26.8 Å². The van der Waals surface area contributed by atoms with Gasteiger partial charge in [0, 0.05) is 10.9 Å². The van der Waals surface area contributed by atoms with E-state index in [1.807, 2.05) is 35.7 Å². The minimum atomic E-state index is -0.513. The third-order valence-corrected chi connectivity index (χ3v) is 7.21. The van der Waals surface area contributed by atoms with Crippen LogP contribution in [0, 0.1) is 6.92 Å². The number of hydrogen-bond donors (Lipinski definition) is 2. The lowest BCUT2D eigenvalue weighted by Crippen LogP contribution is -2.15. The van der Waals surface area contributed by atoms with Crippen molar-refractivity contribution in [2.75, 3.05) is 17.7 Å². The maximum Gasteiger partial charge on any atom is 0.350 e. The van der Waals surface area contributed by atoms with Gasteiger partial charge < -0.3 is 15.0 Å². The second-order valence-electron chi connectivity index (χ2n) is 6.72. The minimum absolute atomic E-state index is 0.0141. The molecule has 0 saturated carbocycles. The number of ether oxygens (including phenoxy) is 1. The zero-order chi connectivity index (χ0) is 23.4. The number of thiophene rings is 1. The van der Waals surface area contributed by atoms with Gasteiger partial charge in [-0.1, -0.05) is 66.1 Å². The normalized spacial score (nSPS) is 10.8. The van der Waals surface area contributed by atoms with Crippen LogP contribution in [0.5, 0.6) is 0 Å². The summed E-state index contributed by atoms with van der Waals surface area (Å²) in [4.78, 5) is 49.5. The molecule has 0 atom stereocenters. The average Bonchev–Trinajstić information content (AvgIpc) is 3.40. The van der Waals surface area contributed by atoms with Gasteiger partial charge in [-0.15, -0.1) is 11.3 Å². The Labute approximate surface area is 200 Å². The number of nitrogens with one attached hydrogen (secondary N) is 2. The standard InChI is InChI=1S/C22H18N4O4S3/c1-3-9-30-20(29)17-12(2)23-22(33-17)24-15(27)11-32-21-25-18(28)16-14(10-31-19(16)26-21)13-7-5-4-6-8-13/h3-8,10H,1,9,11H2,2H3,(H,23,24,27)(H,25,26,28). The van der Waals surface area contributed by atoms with E-state index in [4.69, 9.17) is 4.74 Å². The summed E-state index contributed by atoms with van der Waals surface area (Å²) in [6.07, 6.45) is 1.47. The number of carbonyl (C=O) groups is 2. The Kier molecular flexibility index (Phi) is 7.02. The van der Waals surface area contributed by atoms with Gasteiger partial charge in [-0.25, -0.2) is 14.8 Å². The van der Waals surface area contributed by atoms with E-state index in [1.165, 1.54) is 17.4 Å². The number of thiazole rings is 1. The molecule has 1 aromatic carbocycles. The molecule has 0 aliphatic heterocycles. The molecule has 1 amide bonds. The lowest BCUT2D eigenvalue weighted by Gasteiger charge is -2.03. The fourth-order valence-corrected chi connectivity index (χ4v) is 5.50. The van der Waals surface area contributed by atoms with Crippen molar-refractivity contribution in [3.05, 3.63) is 69.3 Å². The monoisotopic (exact) mass is 498 g/mol. The summed E-state index contributed by atoms with van der Waals surface area (Å²) < 4.78 is 5.01. The lowest BCUT2D eigenvalue weighted by molar-refractivity contribution is -0.113. The molecule has 168 valence electrons. The molecule has 3 heterocycles. The van der Waals surface area contributed by atoms with E-state index in [0.29, 0.717) is 31.1 Å². The van der Waals surface area contributed by atoms with E-state index in [0.717, 1.165) is 34.2 Å². The SMILES string of the molecule is C=CCOC(=O)c1sc(NC(=O)CSc2nc3scc(-c4ccccc4)c3c(=O)[nH]2)nc1C. The number of benzene rings is 1. The third kappa shape index (κ3) is 5.21. The minimum Gasteiger partial charge on any atom is -0.457 e. The van der Waals surface area contributed by atoms with Gasteiger partial charge in [-0.05, 0) is 12.5 Å². The van der Waals surface area contributed by atoms with Crippen molar-refractivity contribution in [3.8, 4) is 11.1 Å². The molecule has 0 fully saturated rings. The predicted octanol–water partition coefficient (Wildman–Crippen LogP) is 4.49. The van der Waals surface area contributed by atoms with Crippen LogP contribution < -0.4 is 10.9 Å². The van der Waals surface area contributed by atoms with E-state index in [1.54, 1.807) is 6.92 Å². The highest BCUT2D eigenvalue weighted by atomic mass is 32.2. The van der Waals surface area contributed by atoms with Crippen molar-refractivity contribution in [3.63, 3.8) is 0 Å². The molecule has 0 unspecified atom stereocenters. The maximum absolute atomic E-state index is 12.7. The number of rotatable bonds is 8. The van der Waals surface area contributed by atoms with Gasteiger partial charge in [0.25, 0.3) is 5.56 Å². The summed E-state index contributed by atoms with van der Waals surface area (Å²) in [6, 6.07) is 9.64.